The van der Waals surface area contributed by atoms with Crippen LogP contribution in [0.5, 0.6) is 0 Å². The number of hydrogen-bond donors (Lipinski definition) is 1. The maximum Gasteiger partial charge on any atom is 0.433 e. The fourth-order valence-electron chi connectivity index (χ4n) is 1.56. The first-order valence-corrected chi connectivity index (χ1v) is 9.08. The molecule has 0 aliphatic heterocycles. The second-order valence-corrected chi connectivity index (χ2v) is 8.83. The lowest BCUT2D eigenvalue weighted by molar-refractivity contribution is -0.141. The number of pyridine rings is 1. The summed E-state index contributed by atoms with van der Waals surface area (Å²) in [7, 11) is -3.12. The summed E-state index contributed by atoms with van der Waals surface area (Å²) >= 11 is 4.39. The second kappa shape index (κ2) is 5.91. The lowest BCUT2D eigenvalue weighted by Crippen LogP contribution is -2.22. The normalized spacial score (nSPS) is 14.7. The zero-order valence-electron chi connectivity index (χ0n) is 11.4. The molecule has 1 unspecified atom stereocenters. The summed E-state index contributed by atoms with van der Waals surface area (Å²) in [6.45, 7) is 3.28. The monoisotopic (exact) mass is 413 g/mol. The van der Waals surface area contributed by atoms with Gasteiger partial charge in [0.15, 0.2) is 4.34 Å². The van der Waals surface area contributed by atoms with Crippen LogP contribution in [0.25, 0.3) is 0 Å². The third-order valence-corrected chi connectivity index (χ3v) is 7.44. The number of hydrogen-bond acceptors (Lipinski definition) is 4. The Kier molecular flexibility index (Phi) is 4.67. The number of halogens is 4. The molecule has 0 saturated carbocycles. The highest BCUT2D eigenvalue weighted by atomic mass is 79.9. The minimum absolute atomic E-state index is 0.217. The molecule has 10 heteroatoms. The summed E-state index contributed by atoms with van der Waals surface area (Å²) in [6.07, 6.45) is -3.51. The molecule has 0 aliphatic rings. The first-order chi connectivity index (χ1) is 10.0. The molecular formula is C12H11BrF3N3OS2. The summed E-state index contributed by atoms with van der Waals surface area (Å²) in [5.41, 5.74) is -0.732. The number of thiazole rings is 1. The number of nitrogens with two attached hydrogens (primary N) is 1. The molecule has 0 amide bonds. The van der Waals surface area contributed by atoms with E-state index >= 15 is 0 Å². The standard InChI is InChI=1S/C12H11BrF3N3OS2/c1-6-10(13)19-11(21-6)22(17,20)7(2)8-3-4-9(18-5-8)12(14,15)16/h3-5H,1-2H3,(H2,17,20). The summed E-state index contributed by atoms with van der Waals surface area (Å²) in [5.74, 6) is 0. The molecule has 0 aliphatic carbocycles. The van der Waals surface area contributed by atoms with E-state index in [0.29, 0.717) is 4.60 Å². The molecule has 22 heavy (non-hydrogen) atoms. The molecule has 2 heterocycles. The van der Waals surface area contributed by atoms with Crippen LogP contribution < -0.4 is 5.14 Å². The lowest BCUT2D eigenvalue weighted by atomic mass is 10.2. The molecule has 2 N–H and O–H groups in total. The zero-order valence-corrected chi connectivity index (χ0v) is 14.7. The SMILES string of the molecule is CC(c1ccc(C(F)(F)F)nc1)=S(N)(=O)c1nc(Br)c(C)s1. The van der Waals surface area contributed by atoms with Gasteiger partial charge in [-0.15, -0.1) is 11.3 Å². The molecule has 0 spiro atoms. The molecule has 120 valence electrons. The van der Waals surface area contributed by atoms with Crippen LogP contribution >= 0.6 is 27.3 Å². The summed E-state index contributed by atoms with van der Waals surface area (Å²) < 4.78 is 51.0. The molecule has 2 aromatic rings. The van der Waals surface area contributed by atoms with Crippen molar-refractivity contribution >= 4 is 41.8 Å². The first kappa shape index (κ1) is 17.4. The van der Waals surface area contributed by atoms with Crippen LogP contribution in [-0.4, -0.2) is 19.0 Å². The van der Waals surface area contributed by atoms with Gasteiger partial charge < -0.3 is 0 Å². The van der Waals surface area contributed by atoms with Crippen LogP contribution in [0, 0.1) is 6.92 Å². The van der Waals surface area contributed by atoms with Gasteiger partial charge in [0.25, 0.3) is 0 Å². The van der Waals surface area contributed by atoms with Gasteiger partial charge in [0.05, 0.1) is 9.71 Å². The number of aryl methyl sites for hydroxylation is 1. The Morgan fingerprint density at radius 3 is 2.45 bits per heavy atom. The predicted molar refractivity (Wildman–Crippen MR) is 84.2 cm³/mol. The molecule has 1 atom stereocenters. The average molecular weight is 414 g/mol. The van der Waals surface area contributed by atoms with Crippen LogP contribution in [0.15, 0.2) is 27.3 Å². The third-order valence-electron chi connectivity index (χ3n) is 2.90. The van der Waals surface area contributed by atoms with E-state index in [0.717, 1.165) is 17.1 Å². The quantitative estimate of drug-likeness (QED) is 0.605. The molecule has 2 aromatic heterocycles. The van der Waals surface area contributed by atoms with Crippen LogP contribution in [-0.2, 0) is 15.9 Å². The number of alkyl halides is 3. The fraction of sp³-hybridized carbons (Fsp3) is 0.250. The van der Waals surface area contributed by atoms with E-state index in [1.54, 1.807) is 6.92 Å². The van der Waals surface area contributed by atoms with Crippen molar-refractivity contribution in [3.05, 3.63) is 39.1 Å². The smallest absolute Gasteiger partial charge is 0.253 e. The zero-order chi connectivity index (χ0) is 16.7. The second-order valence-electron chi connectivity index (χ2n) is 4.41. The average Bonchev–Trinajstić information content (AvgIpc) is 2.78. The molecule has 2 rings (SSSR count). The predicted octanol–water partition coefficient (Wildman–Crippen LogP) is 3.39. The van der Waals surface area contributed by atoms with E-state index in [2.05, 4.69) is 25.9 Å². The minimum Gasteiger partial charge on any atom is -0.253 e. The summed E-state index contributed by atoms with van der Waals surface area (Å²) in [6, 6.07) is 2.03. The Bertz CT molecular complexity index is 802. The maximum absolute atomic E-state index is 12.8. The van der Waals surface area contributed by atoms with Gasteiger partial charge in [-0.3, -0.25) is 10.1 Å². The van der Waals surface area contributed by atoms with Gasteiger partial charge in [0, 0.05) is 21.5 Å². The van der Waals surface area contributed by atoms with E-state index in [1.165, 1.54) is 24.3 Å². The molecular weight excluding hydrogens is 403 g/mol. The van der Waals surface area contributed by atoms with Gasteiger partial charge >= 0.3 is 6.18 Å². The Balaban J connectivity index is 2.53. The number of rotatable bonds is 2. The van der Waals surface area contributed by atoms with Crippen molar-refractivity contribution in [3.8, 4) is 0 Å². The topological polar surface area (TPSA) is 68.9 Å². The molecule has 0 fully saturated rings. The van der Waals surface area contributed by atoms with Gasteiger partial charge in [0.2, 0.25) is 0 Å². The van der Waals surface area contributed by atoms with Crippen molar-refractivity contribution in [2.45, 2.75) is 24.4 Å². The Labute approximate surface area is 137 Å². The van der Waals surface area contributed by atoms with E-state index in [1.807, 2.05) is 0 Å². The van der Waals surface area contributed by atoms with Crippen molar-refractivity contribution in [1.82, 2.24) is 9.97 Å². The molecule has 0 aromatic carbocycles. The first-order valence-electron chi connectivity index (χ1n) is 5.85. The highest BCUT2D eigenvalue weighted by Gasteiger charge is 2.32. The lowest BCUT2D eigenvalue weighted by Gasteiger charge is -2.09. The fourth-order valence-corrected chi connectivity index (χ4v) is 4.95. The van der Waals surface area contributed by atoms with Crippen LogP contribution in [0.2, 0.25) is 0 Å². The van der Waals surface area contributed by atoms with Crippen molar-refractivity contribution < 1.29 is 17.4 Å². The third kappa shape index (κ3) is 3.34. The Morgan fingerprint density at radius 1 is 1.41 bits per heavy atom. The van der Waals surface area contributed by atoms with Crippen LogP contribution in [0.1, 0.15) is 23.1 Å². The van der Waals surface area contributed by atoms with Crippen molar-refractivity contribution in [2.24, 2.45) is 5.14 Å². The van der Waals surface area contributed by atoms with Gasteiger partial charge in [0.1, 0.15) is 10.3 Å². The van der Waals surface area contributed by atoms with Gasteiger partial charge in [-0.1, -0.05) is 6.07 Å². The largest absolute Gasteiger partial charge is 0.433 e. The number of nitrogens with zero attached hydrogens (tertiary/aromatic N) is 2. The van der Waals surface area contributed by atoms with Crippen molar-refractivity contribution in [3.63, 3.8) is 0 Å². The Morgan fingerprint density at radius 2 is 2.05 bits per heavy atom. The summed E-state index contributed by atoms with van der Waals surface area (Å²) in [5, 5.41) is 5.89. The highest BCUT2D eigenvalue weighted by Crippen LogP contribution is 2.28. The maximum atomic E-state index is 12.8. The molecule has 0 radical (unpaired) electrons. The van der Waals surface area contributed by atoms with E-state index in [-0.39, 0.29) is 14.8 Å². The highest BCUT2D eigenvalue weighted by molar-refractivity contribution is 9.10. The Hall–Kier alpha value is -0.970. The van der Waals surface area contributed by atoms with E-state index in [9.17, 15) is 17.4 Å². The minimum atomic E-state index is -4.52. The van der Waals surface area contributed by atoms with Gasteiger partial charge in [-0.05, 0) is 35.8 Å². The number of aromatic nitrogens is 2. The van der Waals surface area contributed by atoms with E-state index in [4.69, 9.17) is 5.14 Å². The van der Waals surface area contributed by atoms with Gasteiger partial charge in [-0.25, -0.2) is 9.19 Å². The van der Waals surface area contributed by atoms with Crippen LogP contribution in [0.4, 0.5) is 13.2 Å². The van der Waals surface area contributed by atoms with Gasteiger partial charge in [-0.2, -0.15) is 13.2 Å². The molecule has 4 nitrogen and oxygen atoms in total. The molecule has 0 saturated heterocycles. The van der Waals surface area contributed by atoms with Crippen molar-refractivity contribution in [1.29, 1.82) is 0 Å². The summed E-state index contributed by atoms with van der Waals surface area (Å²) in [4.78, 5) is 8.49. The van der Waals surface area contributed by atoms with Crippen LogP contribution in [0.3, 0.4) is 0 Å². The van der Waals surface area contributed by atoms with E-state index < -0.39 is 21.6 Å². The molecule has 0 bridgehead atoms. The van der Waals surface area contributed by atoms with Crippen molar-refractivity contribution in [2.75, 3.05) is 0 Å².